The fourth-order valence-corrected chi connectivity index (χ4v) is 1.58. The van der Waals surface area contributed by atoms with Crippen molar-refractivity contribution in [2.24, 2.45) is 0 Å². The van der Waals surface area contributed by atoms with Crippen molar-refractivity contribution in [2.45, 2.75) is 39.7 Å². The summed E-state index contributed by atoms with van der Waals surface area (Å²) >= 11 is 0. The summed E-state index contributed by atoms with van der Waals surface area (Å²) in [6, 6.07) is 1.83. The SMILES string of the molecule is CCOc1ncc(NC(=O)[C@](C)(CC)OC)cc1C. The molecule has 1 rings (SSSR count). The molecular weight excluding hydrogens is 244 g/mol. The quantitative estimate of drug-likeness (QED) is 0.859. The molecule has 0 saturated heterocycles. The lowest BCUT2D eigenvalue weighted by Gasteiger charge is -2.25. The Morgan fingerprint density at radius 2 is 2.16 bits per heavy atom. The van der Waals surface area contributed by atoms with E-state index < -0.39 is 5.60 Å². The monoisotopic (exact) mass is 266 g/mol. The van der Waals surface area contributed by atoms with Crippen molar-refractivity contribution in [1.82, 2.24) is 4.98 Å². The number of carbonyl (C=O) groups is 1. The lowest BCUT2D eigenvalue weighted by atomic mass is 10.0. The van der Waals surface area contributed by atoms with E-state index in [9.17, 15) is 4.79 Å². The maximum absolute atomic E-state index is 12.1. The molecule has 5 nitrogen and oxygen atoms in total. The maximum Gasteiger partial charge on any atom is 0.256 e. The number of amides is 1. The molecule has 0 aromatic carbocycles. The maximum atomic E-state index is 12.1. The predicted octanol–water partition coefficient (Wildman–Crippen LogP) is 2.54. The van der Waals surface area contributed by atoms with Crippen molar-refractivity contribution in [3.8, 4) is 5.88 Å². The predicted molar refractivity (Wildman–Crippen MR) is 74.5 cm³/mol. The van der Waals surface area contributed by atoms with Gasteiger partial charge in [-0.15, -0.1) is 0 Å². The van der Waals surface area contributed by atoms with Crippen LogP contribution < -0.4 is 10.1 Å². The fraction of sp³-hybridized carbons (Fsp3) is 0.571. The number of methoxy groups -OCH3 is 1. The van der Waals surface area contributed by atoms with E-state index in [1.165, 1.54) is 7.11 Å². The van der Waals surface area contributed by atoms with Gasteiger partial charge in [0.15, 0.2) is 0 Å². The first-order valence-electron chi connectivity index (χ1n) is 6.42. The highest BCUT2D eigenvalue weighted by Gasteiger charge is 2.31. The third-order valence-corrected chi connectivity index (χ3v) is 3.17. The zero-order valence-electron chi connectivity index (χ0n) is 12.2. The highest BCUT2D eigenvalue weighted by atomic mass is 16.5. The van der Waals surface area contributed by atoms with Gasteiger partial charge in [0.1, 0.15) is 5.60 Å². The summed E-state index contributed by atoms with van der Waals surface area (Å²) in [5, 5.41) is 2.81. The van der Waals surface area contributed by atoms with Crippen molar-refractivity contribution < 1.29 is 14.3 Å². The minimum absolute atomic E-state index is 0.178. The highest BCUT2D eigenvalue weighted by molar-refractivity contribution is 5.96. The molecule has 0 aliphatic rings. The molecule has 0 saturated carbocycles. The number of ether oxygens (including phenoxy) is 2. The lowest BCUT2D eigenvalue weighted by molar-refractivity contribution is -0.136. The van der Waals surface area contributed by atoms with E-state index in [1.807, 2.05) is 26.8 Å². The first-order chi connectivity index (χ1) is 8.96. The van der Waals surface area contributed by atoms with E-state index in [2.05, 4.69) is 10.3 Å². The van der Waals surface area contributed by atoms with E-state index in [0.717, 1.165) is 5.56 Å². The second-order valence-corrected chi connectivity index (χ2v) is 4.52. The van der Waals surface area contributed by atoms with Gasteiger partial charge < -0.3 is 14.8 Å². The molecule has 0 fully saturated rings. The Kier molecular flexibility index (Phi) is 5.30. The standard InChI is InChI=1S/C14H22N2O3/c1-6-14(4,18-5)13(17)16-11-8-10(3)12(15-9-11)19-7-2/h8-9H,6-7H2,1-5H3,(H,16,17)/t14-/m0/s1. The number of rotatable bonds is 6. The van der Waals surface area contributed by atoms with Gasteiger partial charge in [0, 0.05) is 12.7 Å². The molecule has 0 aliphatic carbocycles. The Balaban J connectivity index is 2.83. The van der Waals surface area contributed by atoms with Gasteiger partial charge in [-0.3, -0.25) is 4.79 Å². The molecular formula is C14H22N2O3. The number of aryl methyl sites for hydroxylation is 1. The van der Waals surface area contributed by atoms with E-state index >= 15 is 0 Å². The zero-order chi connectivity index (χ0) is 14.5. The van der Waals surface area contributed by atoms with Crippen LogP contribution in [0.5, 0.6) is 5.88 Å². The summed E-state index contributed by atoms with van der Waals surface area (Å²) in [6.45, 7) is 8.03. The minimum Gasteiger partial charge on any atom is -0.478 e. The van der Waals surface area contributed by atoms with E-state index in [1.54, 1.807) is 13.1 Å². The highest BCUT2D eigenvalue weighted by Crippen LogP contribution is 2.21. The summed E-state index contributed by atoms with van der Waals surface area (Å²) < 4.78 is 10.6. The van der Waals surface area contributed by atoms with Gasteiger partial charge in [0.25, 0.3) is 5.91 Å². The van der Waals surface area contributed by atoms with Crippen LogP contribution in [-0.2, 0) is 9.53 Å². The van der Waals surface area contributed by atoms with Crippen LogP contribution in [-0.4, -0.2) is 30.2 Å². The van der Waals surface area contributed by atoms with Crippen LogP contribution in [0.4, 0.5) is 5.69 Å². The van der Waals surface area contributed by atoms with Gasteiger partial charge in [-0.1, -0.05) is 6.92 Å². The first kappa shape index (κ1) is 15.4. The molecule has 0 radical (unpaired) electrons. The van der Waals surface area contributed by atoms with Gasteiger partial charge in [0.05, 0.1) is 18.5 Å². The van der Waals surface area contributed by atoms with Crippen LogP contribution in [0.3, 0.4) is 0 Å². The molecule has 0 bridgehead atoms. The number of hydrogen-bond donors (Lipinski definition) is 1. The second-order valence-electron chi connectivity index (χ2n) is 4.52. The van der Waals surface area contributed by atoms with Crippen molar-refractivity contribution in [3.63, 3.8) is 0 Å². The molecule has 106 valence electrons. The minimum atomic E-state index is -0.827. The van der Waals surface area contributed by atoms with Gasteiger partial charge >= 0.3 is 0 Å². The number of hydrogen-bond acceptors (Lipinski definition) is 4. The Bertz CT molecular complexity index is 442. The number of anilines is 1. The van der Waals surface area contributed by atoms with Gasteiger partial charge in [-0.2, -0.15) is 0 Å². The van der Waals surface area contributed by atoms with Crippen molar-refractivity contribution in [2.75, 3.05) is 19.0 Å². The molecule has 0 spiro atoms. The van der Waals surface area contributed by atoms with Crippen LogP contribution in [0.15, 0.2) is 12.3 Å². The first-order valence-corrected chi connectivity index (χ1v) is 6.42. The van der Waals surface area contributed by atoms with E-state index in [-0.39, 0.29) is 5.91 Å². The number of carbonyl (C=O) groups excluding carboxylic acids is 1. The van der Waals surface area contributed by atoms with Crippen molar-refractivity contribution >= 4 is 11.6 Å². The second kappa shape index (κ2) is 6.52. The molecule has 1 aromatic heterocycles. The lowest BCUT2D eigenvalue weighted by Crippen LogP contribution is -2.41. The molecule has 19 heavy (non-hydrogen) atoms. The Labute approximate surface area is 114 Å². The smallest absolute Gasteiger partial charge is 0.256 e. The van der Waals surface area contributed by atoms with Crippen LogP contribution in [0.1, 0.15) is 32.8 Å². The van der Waals surface area contributed by atoms with E-state index in [4.69, 9.17) is 9.47 Å². The normalized spacial score (nSPS) is 13.7. The number of nitrogens with one attached hydrogen (secondary N) is 1. The molecule has 0 unspecified atom stereocenters. The molecule has 1 aromatic rings. The number of aromatic nitrogens is 1. The molecule has 1 atom stereocenters. The van der Waals surface area contributed by atoms with Crippen LogP contribution >= 0.6 is 0 Å². The Morgan fingerprint density at radius 3 is 2.63 bits per heavy atom. The van der Waals surface area contributed by atoms with Crippen LogP contribution in [0.25, 0.3) is 0 Å². The third-order valence-electron chi connectivity index (χ3n) is 3.17. The average molecular weight is 266 g/mol. The van der Waals surface area contributed by atoms with Crippen LogP contribution in [0.2, 0.25) is 0 Å². The molecule has 1 N–H and O–H groups in total. The largest absolute Gasteiger partial charge is 0.478 e. The van der Waals surface area contributed by atoms with Crippen LogP contribution in [0, 0.1) is 6.92 Å². The molecule has 5 heteroatoms. The summed E-state index contributed by atoms with van der Waals surface area (Å²) in [5.74, 6) is 0.411. The summed E-state index contributed by atoms with van der Waals surface area (Å²) in [5.41, 5.74) is 0.699. The van der Waals surface area contributed by atoms with Crippen molar-refractivity contribution in [3.05, 3.63) is 17.8 Å². The molecule has 0 aliphatic heterocycles. The Morgan fingerprint density at radius 1 is 1.47 bits per heavy atom. The topological polar surface area (TPSA) is 60.5 Å². The van der Waals surface area contributed by atoms with Gasteiger partial charge in [-0.25, -0.2) is 4.98 Å². The fourth-order valence-electron chi connectivity index (χ4n) is 1.58. The third kappa shape index (κ3) is 3.67. The number of pyridine rings is 1. The van der Waals surface area contributed by atoms with E-state index in [0.29, 0.717) is 24.6 Å². The summed E-state index contributed by atoms with van der Waals surface area (Å²) in [7, 11) is 1.53. The summed E-state index contributed by atoms with van der Waals surface area (Å²) in [6.07, 6.45) is 2.18. The van der Waals surface area contributed by atoms with Gasteiger partial charge in [0.2, 0.25) is 5.88 Å². The summed E-state index contributed by atoms with van der Waals surface area (Å²) in [4.78, 5) is 16.3. The zero-order valence-corrected chi connectivity index (χ0v) is 12.2. The number of nitrogens with zero attached hydrogens (tertiary/aromatic N) is 1. The van der Waals surface area contributed by atoms with Crippen molar-refractivity contribution in [1.29, 1.82) is 0 Å². The molecule has 1 amide bonds. The molecule has 1 heterocycles. The average Bonchev–Trinajstić information content (AvgIpc) is 2.41. The Hall–Kier alpha value is -1.62. The van der Waals surface area contributed by atoms with Gasteiger partial charge in [-0.05, 0) is 33.3 Å².